The molecule has 3 aromatic heterocycles. The summed E-state index contributed by atoms with van der Waals surface area (Å²) in [6, 6.07) is 7.75. The van der Waals surface area contributed by atoms with Crippen LogP contribution in [0, 0.1) is 6.92 Å². The minimum atomic E-state index is 0.766. The van der Waals surface area contributed by atoms with Crippen LogP contribution in [0.4, 0.5) is 0 Å². The molecule has 86 valence electrons. The molecule has 0 saturated heterocycles. The van der Waals surface area contributed by atoms with E-state index in [1.165, 1.54) is 11.3 Å². The van der Waals surface area contributed by atoms with E-state index in [4.69, 9.17) is 11.6 Å². The molecule has 6 heteroatoms. The van der Waals surface area contributed by atoms with Gasteiger partial charge in [-0.05, 0) is 47.1 Å². The van der Waals surface area contributed by atoms with Gasteiger partial charge in [0, 0.05) is 0 Å². The Hall–Kier alpha value is -0.910. The summed E-state index contributed by atoms with van der Waals surface area (Å²) < 4.78 is 3.44. The van der Waals surface area contributed by atoms with Crippen molar-refractivity contribution < 1.29 is 0 Å². The predicted molar refractivity (Wildman–Crippen MR) is 73.7 cm³/mol. The van der Waals surface area contributed by atoms with E-state index in [9.17, 15) is 0 Å². The van der Waals surface area contributed by atoms with Crippen LogP contribution in [0.15, 0.2) is 28.9 Å². The fourth-order valence-electron chi connectivity index (χ4n) is 1.60. The Morgan fingerprint density at radius 3 is 2.82 bits per heavy atom. The number of fused-ring (bicyclic) bond motifs is 1. The second-order valence-corrected chi connectivity index (χ2v) is 6.05. The van der Waals surface area contributed by atoms with Crippen LogP contribution < -0.4 is 0 Å². The summed E-state index contributed by atoms with van der Waals surface area (Å²) in [6.07, 6.45) is 0. The van der Waals surface area contributed by atoms with E-state index in [2.05, 4.69) is 26.0 Å². The molecule has 3 aromatic rings. The lowest BCUT2D eigenvalue weighted by atomic mass is 10.3. The van der Waals surface area contributed by atoms with Gasteiger partial charge in [-0.25, -0.2) is 9.50 Å². The van der Waals surface area contributed by atoms with E-state index < -0.39 is 0 Å². The Morgan fingerprint density at radius 1 is 1.29 bits per heavy atom. The standard InChI is InChI=1S/C11H7BrClN3S/c1-6-11(12)16-10(14-6)5-2-7(15-16)8-3-4-9(13)17-8/h2-5H,1H3. The fraction of sp³-hybridized carbons (Fsp3) is 0.0909. The zero-order valence-electron chi connectivity index (χ0n) is 8.82. The van der Waals surface area contributed by atoms with Crippen molar-refractivity contribution in [1.82, 2.24) is 14.6 Å². The lowest BCUT2D eigenvalue weighted by molar-refractivity contribution is 0.921. The van der Waals surface area contributed by atoms with Crippen LogP contribution >= 0.6 is 38.9 Å². The van der Waals surface area contributed by atoms with E-state index in [0.29, 0.717) is 0 Å². The van der Waals surface area contributed by atoms with Gasteiger partial charge in [0.05, 0.1) is 14.9 Å². The van der Waals surface area contributed by atoms with Crippen molar-refractivity contribution in [3.05, 3.63) is 38.9 Å². The molecule has 0 atom stereocenters. The number of halogens is 2. The van der Waals surface area contributed by atoms with E-state index in [0.717, 1.165) is 30.9 Å². The molecular formula is C11H7BrClN3S. The molecular weight excluding hydrogens is 322 g/mol. The molecule has 0 amide bonds. The van der Waals surface area contributed by atoms with Crippen molar-refractivity contribution in [2.45, 2.75) is 6.92 Å². The molecule has 0 aliphatic rings. The van der Waals surface area contributed by atoms with Crippen LogP contribution in [0.25, 0.3) is 16.2 Å². The first-order valence-corrected chi connectivity index (χ1v) is 6.91. The third-order valence-corrected chi connectivity index (χ3v) is 4.57. The van der Waals surface area contributed by atoms with Gasteiger partial charge in [0.2, 0.25) is 0 Å². The van der Waals surface area contributed by atoms with Crippen molar-refractivity contribution in [2.75, 3.05) is 0 Å². The molecule has 0 aromatic carbocycles. The Kier molecular flexibility index (Phi) is 2.69. The highest BCUT2D eigenvalue weighted by Crippen LogP contribution is 2.30. The lowest BCUT2D eigenvalue weighted by Crippen LogP contribution is -1.93. The second-order valence-electron chi connectivity index (χ2n) is 3.58. The van der Waals surface area contributed by atoms with E-state index in [-0.39, 0.29) is 0 Å². The molecule has 0 bridgehead atoms. The number of aromatic nitrogens is 3. The largest absolute Gasteiger partial charge is 0.231 e. The fourth-order valence-corrected chi connectivity index (χ4v) is 2.96. The minimum Gasteiger partial charge on any atom is -0.231 e. The summed E-state index contributed by atoms with van der Waals surface area (Å²) in [5.41, 5.74) is 2.66. The Bertz CT molecular complexity index is 704. The lowest BCUT2D eigenvalue weighted by Gasteiger charge is -1.98. The molecule has 0 saturated carbocycles. The van der Waals surface area contributed by atoms with E-state index in [1.54, 1.807) is 4.52 Å². The van der Waals surface area contributed by atoms with Gasteiger partial charge in [-0.2, -0.15) is 5.10 Å². The number of aryl methyl sites for hydroxylation is 1. The van der Waals surface area contributed by atoms with Gasteiger partial charge in [0.15, 0.2) is 5.65 Å². The number of hydrogen-bond acceptors (Lipinski definition) is 3. The summed E-state index contributed by atoms with van der Waals surface area (Å²) in [5.74, 6) is 0. The van der Waals surface area contributed by atoms with Gasteiger partial charge in [-0.1, -0.05) is 11.6 Å². The van der Waals surface area contributed by atoms with Crippen LogP contribution in [-0.2, 0) is 0 Å². The Morgan fingerprint density at radius 2 is 2.12 bits per heavy atom. The maximum atomic E-state index is 5.93. The smallest absolute Gasteiger partial charge is 0.155 e. The van der Waals surface area contributed by atoms with E-state index >= 15 is 0 Å². The van der Waals surface area contributed by atoms with Gasteiger partial charge < -0.3 is 0 Å². The SMILES string of the molecule is Cc1nc2ccc(-c3ccc(Cl)s3)nn2c1Br. The number of rotatable bonds is 1. The molecule has 0 spiro atoms. The molecule has 0 unspecified atom stereocenters. The van der Waals surface area contributed by atoms with Crippen LogP contribution in [0.5, 0.6) is 0 Å². The summed E-state index contributed by atoms with van der Waals surface area (Å²) in [7, 11) is 0. The molecule has 3 rings (SSSR count). The number of imidazole rings is 1. The maximum Gasteiger partial charge on any atom is 0.155 e. The van der Waals surface area contributed by atoms with Crippen molar-refractivity contribution in [1.29, 1.82) is 0 Å². The predicted octanol–water partition coefficient (Wildman–Crippen LogP) is 4.18. The highest BCUT2D eigenvalue weighted by Gasteiger charge is 2.09. The molecule has 0 radical (unpaired) electrons. The van der Waals surface area contributed by atoms with Crippen LogP contribution in [0.2, 0.25) is 4.34 Å². The quantitative estimate of drug-likeness (QED) is 0.671. The van der Waals surface area contributed by atoms with Crippen LogP contribution in [0.1, 0.15) is 5.69 Å². The van der Waals surface area contributed by atoms with Gasteiger partial charge in [0.1, 0.15) is 10.3 Å². The summed E-state index contributed by atoms with van der Waals surface area (Å²) >= 11 is 10.9. The summed E-state index contributed by atoms with van der Waals surface area (Å²) in [5, 5.41) is 4.54. The molecule has 0 fully saturated rings. The zero-order chi connectivity index (χ0) is 12.0. The topological polar surface area (TPSA) is 30.2 Å². The molecule has 17 heavy (non-hydrogen) atoms. The first kappa shape index (κ1) is 11.2. The van der Waals surface area contributed by atoms with Crippen molar-refractivity contribution in [3.8, 4) is 10.6 Å². The van der Waals surface area contributed by atoms with E-state index in [1.807, 2.05) is 31.2 Å². The first-order valence-electron chi connectivity index (χ1n) is 4.93. The summed E-state index contributed by atoms with van der Waals surface area (Å²) in [6.45, 7) is 1.94. The number of nitrogens with zero attached hydrogens (tertiary/aromatic N) is 3. The number of hydrogen-bond donors (Lipinski definition) is 0. The van der Waals surface area contributed by atoms with Crippen molar-refractivity contribution >= 4 is 44.5 Å². The zero-order valence-corrected chi connectivity index (χ0v) is 12.0. The van der Waals surface area contributed by atoms with Gasteiger partial charge >= 0.3 is 0 Å². The van der Waals surface area contributed by atoms with Crippen molar-refractivity contribution in [3.63, 3.8) is 0 Å². The molecule has 0 N–H and O–H groups in total. The third kappa shape index (κ3) is 1.88. The molecule has 0 aliphatic heterocycles. The highest BCUT2D eigenvalue weighted by molar-refractivity contribution is 9.10. The summed E-state index contributed by atoms with van der Waals surface area (Å²) in [4.78, 5) is 5.43. The maximum absolute atomic E-state index is 5.93. The number of thiophene rings is 1. The van der Waals surface area contributed by atoms with Crippen molar-refractivity contribution in [2.24, 2.45) is 0 Å². The van der Waals surface area contributed by atoms with Gasteiger partial charge in [0.25, 0.3) is 0 Å². The molecule has 3 nitrogen and oxygen atoms in total. The third-order valence-electron chi connectivity index (χ3n) is 2.41. The highest BCUT2D eigenvalue weighted by atomic mass is 79.9. The first-order chi connectivity index (χ1) is 8.15. The minimum absolute atomic E-state index is 0.766. The Balaban J connectivity index is 2.22. The average Bonchev–Trinajstić information content (AvgIpc) is 2.85. The van der Waals surface area contributed by atoms with Gasteiger partial charge in [-0.15, -0.1) is 11.3 Å². The molecule has 3 heterocycles. The monoisotopic (exact) mass is 327 g/mol. The average molecular weight is 329 g/mol. The molecule has 0 aliphatic carbocycles. The van der Waals surface area contributed by atoms with Gasteiger partial charge in [-0.3, -0.25) is 0 Å². The van der Waals surface area contributed by atoms with Crippen LogP contribution in [-0.4, -0.2) is 14.6 Å². The second kappa shape index (κ2) is 4.08. The Labute approximate surface area is 115 Å². The normalized spacial score (nSPS) is 11.2. The van der Waals surface area contributed by atoms with Crippen LogP contribution in [0.3, 0.4) is 0 Å².